The summed E-state index contributed by atoms with van der Waals surface area (Å²) in [5, 5.41) is 12.0. The van der Waals surface area contributed by atoms with Gasteiger partial charge in [0, 0.05) is 25.4 Å². The van der Waals surface area contributed by atoms with Crippen molar-refractivity contribution >= 4 is 11.9 Å². The summed E-state index contributed by atoms with van der Waals surface area (Å²) in [4.78, 5) is 27.1. The molecule has 0 aliphatic heterocycles. The third-order valence-electron chi connectivity index (χ3n) is 3.50. The van der Waals surface area contributed by atoms with E-state index in [4.69, 9.17) is 0 Å². The van der Waals surface area contributed by atoms with Crippen molar-refractivity contribution in [3.8, 4) is 0 Å². The molecule has 1 aromatic heterocycles. The first-order valence-corrected chi connectivity index (χ1v) is 6.25. The van der Waals surface area contributed by atoms with E-state index in [-0.39, 0.29) is 18.2 Å². The number of amides is 1. The third-order valence-corrected chi connectivity index (χ3v) is 3.50. The molecule has 19 heavy (non-hydrogen) atoms. The molecular weight excluding hydrogens is 244 g/mol. The normalized spacial score (nSPS) is 13.9. The van der Waals surface area contributed by atoms with E-state index in [1.165, 1.54) is 0 Å². The fraction of sp³-hybridized carbons (Fsp3) is 0.500. The lowest BCUT2D eigenvalue weighted by molar-refractivity contribution is -0.153. The zero-order valence-corrected chi connectivity index (χ0v) is 11.5. The maximum atomic E-state index is 11.8. The Bertz CT molecular complexity index is 445. The first kappa shape index (κ1) is 15.1. The van der Waals surface area contributed by atoms with Crippen molar-refractivity contribution < 1.29 is 14.7 Å². The van der Waals surface area contributed by atoms with Crippen LogP contribution in [0.3, 0.4) is 0 Å². The molecule has 0 spiro atoms. The third kappa shape index (κ3) is 4.05. The maximum absolute atomic E-state index is 11.8. The second kappa shape index (κ2) is 6.31. The Morgan fingerprint density at radius 2 is 2.16 bits per heavy atom. The van der Waals surface area contributed by atoms with Crippen LogP contribution in [0, 0.1) is 11.3 Å². The van der Waals surface area contributed by atoms with Gasteiger partial charge in [-0.1, -0.05) is 19.9 Å². The molecule has 0 saturated carbocycles. The number of carbonyl (C=O) groups is 2. The van der Waals surface area contributed by atoms with E-state index in [1.54, 1.807) is 25.4 Å². The number of pyridine rings is 1. The van der Waals surface area contributed by atoms with Crippen LogP contribution < -0.4 is 5.32 Å². The SMILES string of the molecule is CC(C)C(C)(CC(=O)NCc1cccnc1)C(=O)O. The summed E-state index contributed by atoms with van der Waals surface area (Å²) in [5.41, 5.74) is -0.156. The number of nitrogens with one attached hydrogen (secondary N) is 1. The van der Waals surface area contributed by atoms with Crippen LogP contribution >= 0.6 is 0 Å². The Hall–Kier alpha value is -1.91. The van der Waals surface area contributed by atoms with E-state index in [0.717, 1.165) is 5.56 Å². The van der Waals surface area contributed by atoms with Crippen molar-refractivity contribution in [1.82, 2.24) is 10.3 Å². The summed E-state index contributed by atoms with van der Waals surface area (Å²) < 4.78 is 0. The predicted octanol–water partition coefficient (Wildman–Crippen LogP) is 1.83. The van der Waals surface area contributed by atoms with Gasteiger partial charge in [0.2, 0.25) is 5.91 Å². The highest BCUT2D eigenvalue weighted by Crippen LogP contribution is 2.31. The molecule has 0 aromatic carbocycles. The van der Waals surface area contributed by atoms with Gasteiger partial charge in [-0.05, 0) is 24.5 Å². The molecule has 1 unspecified atom stereocenters. The van der Waals surface area contributed by atoms with E-state index in [2.05, 4.69) is 10.3 Å². The first-order chi connectivity index (χ1) is 8.86. The van der Waals surface area contributed by atoms with Gasteiger partial charge >= 0.3 is 5.97 Å². The molecule has 2 N–H and O–H groups in total. The molecule has 0 saturated heterocycles. The van der Waals surface area contributed by atoms with Gasteiger partial charge in [-0.25, -0.2) is 0 Å². The minimum Gasteiger partial charge on any atom is -0.481 e. The number of nitrogens with zero attached hydrogens (tertiary/aromatic N) is 1. The summed E-state index contributed by atoms with van der Waals surface area (Å²) >= 11 is 0. The van der Waals surface area contributed by atoms with Crippen LogP contribution in [0.2, 0.25) is 0 Å². The summed E-state index contributed by atoms with van der Waals surface area (Å²) in [7, 11) is 0. The summed E-state index contributed by atoms with van der Waals surface area (Å²) in [6.45, 7) is 5.58. The number of carboxylic acids is 1. The minimum atomic E-state index is -1.04. The quantitative estimate of drug-likeness (QED) is 0.821. The van der Waals surface area contributed by atoms with Crippen LogP contribution in [0.4, 0.5) is 0 Å². The Morgan fingerprint density at radius 3 is 2.63 bits per heavy atom. The highest BCUT2D eigenvalue weighted by Gasteiger charge is 2.38. The van der Waals surface area contributed by atoms with Crippen LogP contribution in [-0.4, -0.2) is 22.0 Å². The maximum Gasteiger partial charge on any atom is 0.310 e. The van der Waals surface area contributed by atoms with Crippen molar-refractivity contribution in [3.05, 3.63) is 30.1 Å². The molecular formula is C14H20N2O3. The fourth-order valence-corrected chi connectivity index (χ4v) is 1.63. The lowest BCUT2D eigenvalue weighted by atomic mass is 9.76. The van der Waals surface area contributed by atoms with Gasteiger partial charge in [-0.3, -0.25) is 14.6 Å². The molecule has 0 bridgehead atoms. The number of carbonyl (C=O) groups excluding carboxylic acids is 1. The van der Waals surface area contributed by atoms with Crippen LogP contribution in [0.1, 0.15) is 32.8 Å². The van der Waals surface area contributed by atoms with Gasteiger partial charge < -0.3 is 10.4 Å². The van der Waals surface area contributed by atoms with E-state index in [0.29, 0.717) is 6.54 Å². The lowest BCUT2D eigenvalue weighted by Gasteiger charge is -2.28. The highest BCUT2D eigenvalue weighted by atomic mass is 16.4. The van der Waals surface area contributed by atoms with Gasteiger partial charge in [-0.15, -0.1) is 0 Å². The molecule has 104 valence electrons. The van der Waals surface area contributed by atoms with E-state index in [1.807, 2.05) is 19.9 Å². The number of carboxylic acid groups (broad SMARTS) is 1. The van der Waals surface area contributed by atoms with Gasteiger partial charge in [0.05, 0.1) is 5.41 Å². The van der Waals surface area contributed by atoms with E-state index in [9.17, 15) is 14.7 Å². The second-order valence-electron chi connectivity index (χ2n) is 5.19. The fourth-order valence-electron chi connectivity index (χ4n) is 1.63. The van der Waals surface area contributed by atoms with Gasteiger partial charge in [-0.2, -0.15) is 0 Å². The molecule has 1 heterocycles. The van der Waals surface area contributed by atoms with E-state index < -0.39 is 11.4 Å². The molecule has 5 heteroatoms. The monoisotopic (exact) mass is 264 g/mol. The van der Waals surface area contributed by atoms with Gasteiger partial charge in [0.15, 0.2) is 0 Å². The Morgan fingerprint density at radius 1 is 1.47 bits per heavy atom. The van der Waals surface area contributed by atoms with Crippen molar-refractivity contribution in [3.63, 3.8) is 0 Å². The first-order valence-electron chi connectivity index (χ1n) is 6.25. The summed E-state index contributed by atoms with van der Waals surface area (Å²) in [6, 6.07) is 3.64. The zero-order valence-electron chi connectivity index (χ0n) is 11.5. The molecule has 0 radical (unpaired) electrons. The Kier molecular flexibility index (Phi) is 5.03. The molecule has 1 rings (SSSR count). The Balaban J connectivity index is 2.57. The largest absolute Gasteiger partial charge is 0.481 e. The zero-order chi connectivity index (χ0) is 14.5. The summed E-state index contributed by atoms with van der Waals surface area (Å²) in [5.74, 6) is -1.32. The molecule has 1 amide bonds. The van der Waals surface area contributed by atoms with Gasteiger partial charge in [0.25, 0.3) is 0 Å². The number of aromatic nitrogens is 1. The van der Waals surface area contributed by atoms with Crippen LogP contribution in [0.5, 0.6) is 0 Å². The average molecular weight is 264 g/mol. The lowest BCUT2D eigenvalue weighted by Crippen LogP contribution is -2.39. The topological polar surface area (TPSA) is 79.3 Å². The summed E-state index contributed by atoms with van der Waals surface area (Å²) in [6.07, 6.45) is 3.30. The van der Waals surface area contributed by atoms with Gasteiger partial charge in [0.1, 0.15) is 0 Å². The number of aliphatic carboxylic acids is 1. The number of hydrogen-bond donors (Lipinski definition) is 2. The molecule has 1 aromatic rings. The number of hydrogen-bond acceptors (Lipinski definition) is 3. The van der Waals surface area contributed by atoms with Crippen LogP contribution in [0.25, 0.3) is 0 Å². The minimum absolute atomic E-state index is 0.0275. The molecule has 0 aliphatic rings. The van der Waals surface area contributed by atoms with Crippen LogP contribution in [-0.2, 0) is 16.1 Å². The second-order valence-corrected chi connectivity index (χ2v) is 5.19. The Labute approximate surface area is 113 Å². The highest BCUT2D eigenvalue weighted by molar-refractivity contribution is 5.84. The van der Waals surface area contributed by atoms with Crippen molar-refractivity contribution in [1.29, 1.82) is 0 Å². The number of rotatable bonds is 6. The van der Waals surface area contributed by atoms with Crippen molar-refractivity contribution in [2.75, 3.05) is 0 Å². The molecule has 0 aliphatic carbocycles. The van der Waals surface area contributed by atoms with Crippen LogP contribution in [0.15, 0.2) is 24.5 Å². The smallest absolute Gasteiger partial charge is 0.310 e. The molecule has 0 fully saturated rings. The van der Waals surface area contributed by atoms with Crippen molar-refractivity contribution in [2.45, 2.75) is 33.7 Å². The standard InChI is InChI=1S/C14H20N2O3/c1-10(2)14(3,13(18)19)7-12(17)16-9-11-5-4-6-15-8-11/h4-6,8,10H,7,9H2,1-3H3,(H,16,17)(H,18,19). The van der Waals surface area contributed by atoms with E-state index >= 15 is 0 Å². The average Bonchev–Trinajstić information content (AvgIpc) is 2.37. The predicted molar refractivity (Wildman–Crippen MR) is 71.3 cm³/mol. The van der Waals surface area contributed by atoms with Crippen molar-refractivity contribution in [2.24, 2.45) is 11.3 Å². The molecule has 5 nitrogen and oxygen atoms in total. The molecule has 1 atom stereocenters.